The Labute approximate surface area is 127 Å². The van der Waals surface area contributed by atoms with Crippen molar-refractivity contribution >= 4 is 27.4 Å². The Bertz CT molecular complexity index is 634. The molecule has 2 nitrogen and oxygen atoms in total. The first-order chi connectivity index (χ1) is 9.74. The quantitative estimate of drug-likeness (QED) is 0.853. The maximum Gasteiger partial charge on any atom is 0.167 e. The lowest BCUT2D eigenvalue weighted by molar-refractivity contribution is 0.0992. The molecule has 1 N–H and O–H groups in total. The van der Waals surface area contributed by atoms with E-state index >= 15 is 0 Å². The summed E-state index contributed by atoms with van der Waals surface area (Å²) in [5.41, 5.74) is 4.23. The van der Waals surface area contributed by atoms with Crippen molar-refractivity contribution in [1.29, 1.82) is 0 Å². The van der Waals surface area contributed by atoms with Gasteiger partial charge in [-0.1, -0.05) is 40.2 Å². The molecule has 1 aliphatic rings. The Hall–Kier alpha value is -1.61. The smallest absolute Gasteiger partial charge is 0.167 e. The number of fused-ring (bicyclic) bond motifs is 1. The summed E-state index contributed by atoms with van der Waals surface area (Å²) in [4.78, 5) is 12.5. The van der Waals surface area contributed by atoms with Gasteiger partial charge in [0.05, 0.1) is 0 Å². The van der Waals surface area contributed by atoms with E-state index in [4.69, 9.17) is 0 Å². The topological polar surface area (TPSA) is 29.1 Å². The van der Waals surface area contributed by atoms with Crippen LogP contribution in [-0.4, -0.2) is 12.3 Å². The van der Waals surface area contributed by atoms with Crippen LogP contribution in [0.3, 0.4) is 0 Å². The summed E-state index contributed by atoms with van der Waals surface area (Å²) in [5, 5.41) is 3.37. The predicted octanol–water partition coefficient (Wildman–Crippen LogP) is 4.23. The van der Waals surface area contributed by atoms with Crippen LogP contribution in [0.4, 0.5) is 5.69 Å². The summed E-state index contributed by atoms with van der Waals surface area (Å²) in [6.45, 7) is 0.997. The number of benzene rings is 2. The molecule has 0 radical (unpaired) electrons. The molecule has 0 atom stereocenters. The van der Waals surface area contributed by atoms with Crippen LogP contribution in [0.2, 0.25) is 0 Å². The third kappa shape index (κ3) is 2.78. The Morgan fingerprint density at radius 1 is 1.15 bits per heavy atom. The molecule has 1 aliphatic heterocycles. The van der Waals surface area contributed by atoms with Crippen LogP contribution in [0, 0.1) is 0 Å². The number of halogens is 1. The monoisotopic (exact) mass is 329 g/mol. The zero-order valence-electron chi connectivity index (χ0n) is 11.2. The number of nitrogens with one attached hydrogen (secondary N) is 1. The number of hydrogen-bond acceptors (Lipinski definition) is 2. The molecule has 102 valence electrons. The second kappa shape index (κ2) is 5.80. The van der Waals surface area contributed by atoms with E-state index < -0.39 is 0 Å². The Kier molecular flexibility index (Phi) is 3.88. The van der Waals surface area contributed by atoms with Crippen molar-refractivity contribution < 1.29 is 4.79 Å². The summed E-state index contributed by atoms with van der Waals surface area (Å²) < 4.78 is 1.04. The van der Waals surface area contributed by atoms with Crippen LogP contribution in [0.5, 0.6) is 0 Å². The molecule has 0 aromatic heterocycles. The number of Topliss-reactive ketones (excluding diaryl/α,β-unsaturated/α-hetero) is 1. The molecule has 3 heteroatoms. The molecule has 0 saturated heterocycles. The summed E-state index contributed by atoms with van der Waals surface area (Å²) in [5.74, 6) is 0.202. The fourth-order valence-corrected chi connectivity index (χ4v) is 2.92. The van der Waals surface area contributed by atoms with Gasteiger partial charge in [-0.2, -0.15) is 0 Å². The van der Waals surface area contributed by atoms with E-state index in [1.807, 2.05) is 36.4 Å². The highest BCUT2D eigenvalue weighted by atomic mass is 79.9. The van der Waals surface area contributed by atoms with Gasteiger partial charge in [-0.25, -0.2) is 0 Å². The van der Waals surface area contributed by atoms with Gasteiger partial charge < -0.3 is 5.32 Å². The first kappa shape index (κ1) is 13.4. The Morgan fingerprint density at radius 3 is 2.75 bits per heavy atom. The molecular formula is C17H16BrNO. The fourth-order valence-electron chi connectivity index (χ4n) is 2.65. The minimum Gasteiger partial charge on any atom is -0.385 e. The van der Waals surface area contributed by atoms with Crippen LogP contribution in [0.25, 0.3) is 0 Å². The predicted molar refractivity (Wildman–Crippen MR) is 85.4 cm³/mol. The fraction of sp³-hybridized carbons (Fsp3) is 0.235. The van der Waals surface area contributed by atoms with E-state index in [-0.39, 0.29) is 5.78 Å². The zero-order valence-corrected chi connectivity index (χ0v) is 12.7. The molecule has 2 aromatic carbocycles. The molecule has 0 fully saturated rings. The molecule has 3 rings (SSSR count). The van der Waals surface area contributed by atoms with Crippen molar-refractivity contribution in [3.05, 3.63) is 63.6 Å². The third-order valence-corrected chi connectivity index (χ3v) is 4.20. The van der Waals surface area contributed by atoms with Gasteiger partial charge in [0.25, 0.3) is 0 Å². The van der Waals surface area contributed by atoms with Crippen LogP contribution in [0.15, 0.2) is 46.9 Å². The summed E-state index contributed by atoms with van der Waals surface area (Å²) >= 11 is 3.41. The summed E-state index contributed by atoms with van der Waals surface area (Å²) in [6.07, 6.45) is 2.55. The highest BCUT2D eigenvalue weighted by Crippen LogP contribution is 2.26. The van der Waals surface area contributed by atoms with Crippen molar-refractivity contribution in [2.24, 2.45) is 0 Å². The minimum atomic E-state index is 0.202. The highest BCUT2D eigenvalue weighted by molar-refractivity contribution is 9.10. The number of carbonyl (C=O) groups excluding carboxylic acids is 1. The van der Waals surface area contributed by atoms with E-state index in [0.717, 1.165) is 40.7 Å². The van der Waals surface area contributed by atoms with Crippen molar-refractivity contribution in [3.63, 3.8) is 0 Å². The molecule has 20 heavy (non-hydrogen) atoms. The molecule has 0 bridgehead atoms. The maximum absolute atomic E-state index is 12.5. The second-order valence-corrected chi connectivity index (χ2v) is 6.00. The largest absolute Gasteiger partial charge is 0.385 e. The highest BCUT2D eigenvalue weighted by Gasteiger charge is 2.17. The normalized spacial score (nSPS) is 13.4. The maximum atomic E-state index is 12.5. The number of ketones is 1. The lowest BCUT2D eigenvalue weighted by Gasteiger charge is -2.20. The van der Waals surface area contributed by atoms with E-state index in [2.05, 4.69) is 27.3 Å². The van der Waals surface area contributed by atoms with E-state index in [9.17, 15) is 4.79 Å². The Morgan fingerprint density at radius 2 is 1.95 bits per heavy atom. The number of carbonyl (C=O) groups is 1. The van der Waals surface area contributed by atoms with Crippen molar-refractivity contribution in [2.75, 3.05) is 11.9 Å². The number of hydrogen-bond donors (Lipinski definition) is 1. The van der Waals surface area contributed by atoms with Crippen molar-refractivity contribution in [2.45, 2.75) is 19.3 Å². The average molecular weight is 330 g/mol. The first-order valence-electron chi connectivity index (χ1n) is 6.87. The van der Waals surface area contributed by atoms with Gasteiger partial charge in [-0.05, 0) is 42.2 Å². The zero-order chi connectivity index (χ0) is 13.9. The molecule has 1 heterocycles. The van der Waals surface area contributed by atoms with E-state index in [0.29, 0.717) is 6.42 Å². The van der Waals surface area contributed by atoms with Crippen LogP contribution >= 0.6 is 15.9 Å². The molecular weight excluding hydrogens is 314 g/mol. The van der Waals surface area contributed by atoms with Crippen LogP contribution in [-0.2, 0) is 12.8 Å². The molecule has 0 aliphatic carbocycles. The van der Waals surface area contributed by atoms with Crippen molar-refractivity contribution in [1.82, 2.24) is 0 Å². The third-order valence-electron chi connectivity index (χ3n) is 3.67. The van der Waals surface area contributed by atoms with Gasteiger partial charge in [0.1, 0.15) is 0 Å². The van der Waals surface area contributed by atoms with Gasteiger partial charge >= 0.3 is 0 Å². The minimum absolute atomic E-state index is 0.202. The van der Waals surface area contributed by atoms with Gasteiger partial charge in [0.15, 0.2) is 5.78 Å². The standard InChI is InChI=1S/C17H16BrNO/c18-13-8-6-12(7-9-13)11-17(20)15-3-1-5-16-14(15)4-2-10-19-16/h1,3,5-9,19H,2,4,10-11H2. The molecule has 2 aromatic rings. The van der Waals surface area contributed by atoms with Gasteiger partial charge in [0, 0.05) is 28.7 Å². The lowest BCUT2D eigenvalue weighted by atomic mass is 9.93. The molecule has 0 unspecified atom stereocenters. The average Bonchev–Trinajstić information content (AvgIpc) is 2.49. The van der Waals surface area contributed by atoms with Crippen LogP contribution in [0.1, 0.15) is 27.9 Å². The molecule has 0 spiro atoms. The SMILES string of the molecule is O=C(Cc1ccc(Br)cc1)c1cccc2c1CCCN2. The van der Waals surface area contributed by atoms with E-state index in [1.54, 1.807) is 0 Å². The van der Waals surface area contributed by atoms with Crippen molar-refractivity contribution in [3.8, 4) is 0 Å². The summed E-state index contributed by atoms with van der Waals surface area (Å²) in [7, 11) is 0. The molecule has 0 amide bonds. The van der Waals surface area contributed by atoms with Crippen LogP contribution < -0.4 is 5.32 Å². The van der Waals surface area contributed by atoms with Gasteiger partial charge in [-0.15, -0.1) is 0 Å². The molecule has 0 saturated carbocycles. The van der Waals surface area contributed by atoms with E-state index in [1.165, 1.54) is 5.56 Å². The first-order valence-corrected chi connectivity index (χ1v) is 7.67. The lowest BCUT2D eigenvalue weighted by Crippen LogP contribution is -2.16. The van der Waals surface area contributed by atoms with Gasteiger partial charge in [-0.3, -0.25) is 4.79 Å². The number of anilines is 1. The van der Waals surface area contributed by atoms with Gasteiger partial charge in [0.2, 0.25) is 0 Å². The number of rotatable bonds is 3. The summed E-state index contributed by atoms with van der Waals surface area (Å²) in [6, 6.07) is 13.9. The Balaban J connectivity index is 1.85. The second-order valence-electron chi connectivity index (χ2n) is 5.09.